The monoisotopic (exact) mass is 219 g/mol. The summed E-state index contributed by atoms with van der Waals surface area (Å²) in [6.07, 6.45) is 1.60. The van der Waals surface area contributed by atoms with E-state index in [4.69, 9.17) is 4.42 Å². The summed E-state index contributed by atoms with van der Waals surface area (Å²) in [5.74, 6) is 1.18. The third-order valence-electron chi connectivity index (χ3n) is 2.13. The zero-order valence-corrected chi connectivity index (χ0v) is 8.83. The number of hydrogen-bond acceptors (Lipinski definition) is 1. The Kier molecular flexibility index (Phi) is 3.00. The predicted molar refractivity (Wildman–Crippen MR) is 59.7 cm³/mol. The molecule has 0 radical (unpaired) electrons. The van der Waals surface area contributed by atoms with E-state index in [1.807, 2.05) is 6.07 Å². The van der Waals surface area contributed by atoms with Gasteiger partial charge in [0.1, 0.15) is 11.5 Å². The fraction of sp³-hybridized carbons (Fsp3) is 0.0833. The highest BCUT2D eigenvalue weighted by molar-refractivity contribution is 6.02. The quantitative estimate of drug-likeness (QED) is 0.584. The topological polar surface area (TPSA) is 39.1 Å². The Labute approximate surface area is 92.6 Å². The number of halogens is 1. The van der Waals surface area contributed by atoms with Gasteiger partial charge in [-0.05, 0) is 36.4 Å². The molecule has 16 heavy (non-hydrogen) atoms. The molecule has 0 aliphatic carbocycles. The molecule has 2 N–H and O–H groups in total. The lowest BCUT2D eigenvalue weighted by atomic mass is 10.3. The van der Waals surface area contributed by atoms with Crippen LogP contribution in [0.2, 0.25) is 0 Å². The van der Waals surface area contributed by atoms with Gasteiger partial charge in [0.15, 0.2) is 0 Å². The molecule has 2 aromatic rings. The molecule has 0 saturated heterocycles. The molecule has 0 saturated carbocycles. The lowest BCUT2D eigenvalue weighted by Crippen LogP contribution is -2.70. The Hall–Kier alpha value is -2.10. The van der Waals surface area contributed by atoms with Gasteiger partial charge >= 0.3 is 5.84 Å². The van der Waals surface area contributed by atoms with Crippen molar-refractivity contribution < 1.29 is 13.8 Å². The Balaban J connectivity index is 2.17. The van der Waals surface area contributed by atoms with Crippen LogP contribution < -0.4 is 10.3 Å². The van der Waals surface area contributed by atoms with Gasteiger partial charge in [0.25, 0.3) is 0 Å². The molecule has 3 nitrogen and oxygen atoms in total. The first-order valence-electron chi connectivity index (χ1n) is 4.91. The van der Waals surface area contributed by atoms with Crippen molar-refractivity contribution in [1.29, 1.82) is 0 Å². The van der Waals surface area contributed by atoms with Gasteiger partial charge < -0.3 is 4.42 Å². The highest BCUT2D eigenvalue weighted by atomic mass is 19.1. The van der Waals surface area contributed by atoms with Crippen molar-refractivity contribution in [2.75, 3.05) is 12.4 Å². The largest absolute Gasteiger partial charge is 0.456 e. The molecule has 0 unspecified atom stereocenters. The number of rotatable bonds is 2. The van der Waals surface area contributed by atoms with E-state index in [0.29, 0.717) is 5.76 Å². The van der Waals surface area contributed by atoms with Crippen LogP contribution in [0.15, 0.2) is 47.1 Å². The van der Waals surface area contributed by atoms with Crippen LogP contribution in [0, 0.1) is 5.82 Å². The van der Waals surface area contributed by atoms with E-state index in [1.165, 1.54) is 12.1 Å². The van der Waals surface area contributed by atoms with Crippen LogP contribution in [0.4, 0.5) is 10.1 Å². The summed E-state index contributed by atoms with van der Waals surface area (Å²) in [5.41, 5.74) is 0.794. The minimum atomic E-state index is -0.255. The highest BCUT2D eigenvalue weighted by Crippen LogP contribution is 2.09. The summed E-state index contributed by atoms with van der Waals surface area (Å²) < 4.78 is 18.0. The maximum absolute atomic E-state index is 12.7. The molecule has 0 aliphatic rings. The van der Waals surface area contributed by atoms with Crippen molar-refractivity contribution in [3.05, 3.63) is 54.2 Å². The molecule has 1 aromatic carbocycles. The van der Waals surface area contributed by atoms with E-state index >= 15 is 0 Å². The molecule has 4 heteroatoms. The Morgan fingerprint density at radius 1 is 1.25 bits per heavy atom. The van der Waals surface area contributed by atoms with Crippen LogP contribution in [-0.4, -0.2) is 12.9 Å². The first-order chi connectivity index (χ1) is 7.79. The van der Waals surface area contributed by atoms with Crippen molar-refractivity contribution in [3.63, 3.8) is 0 Å². The highest BCUT2D eigenvalue weighted by Gasteiger charge is 2.12. The smallest absolute Gasteiger partial charge is 0.316 e. The maximum atomic E-state index is 12.7. The number of hydrogen-bond donors (Lipinski definition) is 2. The van der Waals surface area contributed by atoms with Crippen molar-refractivity contribution in [3.8, 4) is 0 Å². The van der Waals surface area contributed by atoms with Gasteiger partial charge in [0.2, 0.25) is 5.76 Å². The first-order valence-corrected chi connectivity index (χ1v) is 4.91. The standard InChI is InChI=1S/C12H11FN2O/c1-14-12(11-3-2-8-16-11)15-10-6-4-9(13)5-7-10/h2-8H,1H3,(H,14,15)/p+1. The van der Waals surface area contributed by atoms with E-state index in [1.54, 1.807) is 31.5 Å². The molecule has 0 amide bonds. The van der Waals surface area contributed by atoms with E-state index in [0.717, 1.165) is 11.5 Å². The van der Waals surface area contributed by atoms with Crippen LogP contribution in [0.1, 0.15) is 5.76 Å². The second-order valence-corrected chi connectivity index (χ2v) is 3.23. The number of anilines is 1. The van der Waals surface area contributed by atoms with Crippen molar-refractivity contribution >= 4 is 11.5 Å². The van der Waals surface area contributed by atoms with E-state index in [2.05, 4.69) is 10.3 Å². The minimum absolute atomic E-state index is 0.255. The first kappa shape index (κ1) is 10.4. The average Bonchev–Trinajstić information content (AvgIpc) is 2.82. The molecular weight excluding hydrogens is 207 g/mol. The Bertz CT molecular complexity index is 474. The van der Waals surface area contributed by atoms with Crippen molar-refractivity contribution in [1.82, 2.24) is 0 Å². The summed E-state index contributed by atoms with van der Waals surface area (Å²) in [6.45, 7) is 0. The third kappa shape index (κ3) is 2.28. The number of amidine groups is 1. The van der Waals surface area contributed by atoms with Crippen LogP contribution in [0.25, 0.3) is 0 Å². The third-order valence-corrected chi connectivity index (χ3v) is 2.13. The molecule has 1 heterocycles. The van der Waals surface area contributed by atoms with E-state index < -0.39 is 0 Å². The second kappa shape index (κ2) is 4.61. The number of nitrogens with one attached hydrogen (secondary N) is 2. The van der Waals surface area contributed by atoms with E-state index in [9.17, 15) is 4.39 Å². The minimum Gasteiger partial charge on any atom is -0.456 e. The molecule has 0 fully saturated rings. The van der Waals surface area contributed by atoms with Gasteiger partial charge in [0, 0.05) is 0 Å². The van der Waals surface area contributed by atoms with E-state index in [-0.39, 0.29) is 5.82 Å². The van der Waals surface area contributed by atoms with Crippen molar-refractivity contribution in [2.24, 2.45) is 0 Å². The molecule has 2 rings (SSSR count). The molecule has 82 valence electrons. The molecule has 0 spiro atoms. The fourth-order valence-electron chi connectivity index (χ4n) is 1.35. The summed E-state index contributed by atoms with van der Waals surface area (Å²) in [4.78, 5) is 2.99. The molecule has 1 aromatic heterocycles. The Morgan fingerprint density at radius 2 is 2.00 bits per heavy atom. The SMILES string of the molecule is C[NH+]=C(Nc1ccc(F)cc1)c1ccco1. The van der Waals surface area contributed by atoms with Gasteiger partial charge in [-0.15, -0.1) is 0 Å². The van der Waals surface area contributed by atoms with Gasteiger partial charge in [0.05, 0.1) is 13.3 Å². The zero-order valence-electron chi connectivity index (χ0n) is 8.83. The Morgan fingerprint density at radius 3 is 2.56 bits per heavy atom. The van der Waals surface area contributed by atoms with Gasteiger partial charge in [-0.3, -0.25) is 4.99 Å². The summed E-state index contributed by atoms with van der Waals surface area (Å²) in [7, 11) is 1.79. The molecular formula is C12H12FN2O+. The fourth-order valence-corrected chi connectivity index (χ4v) is 1.35. The lowest BCUT2D eigenvalue weighted by molar-refractivity contribution is -0.419. The molecule has 0 bridgehead atoms. The normalized spacial score (nSPS) is 11.5. The second-order valence-electron chi connectivity index (χ2n) is 3.23. The van der Waals surface area contributed by atoms with Crippen LogP contribution in [-0.2, 0) is 0 Å². The number of furan rings is 1. The number of benzene rings is 1. The predicted octanol–water partition coefficient (Wildman–Crippen LogP) is 0.988. The summed E-state index contributed by atoms with van der Waals surface area (Å²) >= 11 is 0. The van der Waals surface area contributed by atoms with Gasteiger partial charge in [-0.1, -0.05) is 0 Å². The van der Waals surface area contributed by atoms with Crippen LogP contribution in [0.3, 0.4) is 0 Å². The summed E-state index contributed by atoms with van der Waals surface area (Å²) in [5, 5.41) is 3.10. The molecule has 0 aliphatic heterocycles. The summed E-state index contributed by atoms with van der Waals surface area (Å²) in [6, 6.07) is 9.77. The van der Waals surface area contributed by atoms with Gasteiger partial charge in [-0.2, -0.15) is 0 Å². The zero-order chi connectivity index (χ0) is 11.4. The van der Waals surface area contributed by atoms with Crippen molar-refractivity contribution in [2.45, 2.75) is 0 Å². The average molecular weight is 219 g/mol. The van der Waals surface area contributed by atoms with Gasteiger partial charge in [-0.25, -0.2) is 9.71 Å². The van der Waals surface area contributed by atoms with Crippen LogP contribution in [0.5, 0.6) is 0 Å². The van der Waals surface area contributed by atoms with Crippen LogP contribution >= 0.6 is 0 Å². The molecule has 0 atom stereocenters. The lowest BCUT2D eigenvalue weighted by Gasteiger charge is -1.99. The maximum Gasteiger partial charge on any atom is 0.316 e.